The van der Waals surface area contributed by atoms with Gasteiger partial charge in [0.15, 0.2) is 0 Å². The topological polar surface area (TPSA) is 12.9 Å². The number of hydrogen-bond donors (Lipinski definition) is 0. The van der Waals surface area contributed by atoms with E-state index in [4.69, 9.17) is 4.98 Å². The van der Waals surface area contributed by atoms with Gasteiger partial charge >= 0.3 is 0 Å². The average Bonchev–Trinajstić information content (AvgIpc) is 2.51. The summed E-state index contributed by atoms with van der Waals surface area (Å²) in [5.74, 6) is 0. The Labute approximate surface area is 141 Å². The SMILES string of the molecule is C=C(C)c1ncc(C(=CC)/C=C\C=C/C)cc1C1(CC)CCC1. The zero-order valence-corrected chi connectivity index (χ0v) is 15.0. The van der Waals surface area contributed by atoms with E-state index in [1.807, 2.05) is 19.2 Å². The third-order valence-corrected chi connectivity index (χ3v) is 5.07. The number of nitrogens with zero attached hydrogens (tertiary/aromatic N) is 1. The van der Waals surface area contributed by atoms with Crippen LogP contribution in [0.2, 0.25) is 0 Å². The Bertz CT molecular complexity index is 649. The molecule has 1 heteroatoms. The van der Waals surface area contributed by atoms with Gasteiger partial charge in [0.2, 0.25) is 0 Å². The molecule has 0 N–H and O–H groups in total. The maximum absolute atomic E-state index is 4.78. The monoisotopic (exact) mass is 307 g/mol. The predicted octanol–water partition coefficient (Wildman–Crippen LogP) is 6.48. The lowest BCUT2D eigenvalue weighted by Crippen LogP contribution is -2.34. The molecule has 0 unspecified atom stereocenters. The summed E-state index contributed by atoms with van der Waals surface area (Å²) < 4.78 is 0. The maximum atomic E-state index is 4.78. The van der Waals surface area contributed by atoms with Crippen molar-refractivity contribution >= 4 is 11.1 Å². The van der Waals surface area contributed by atoms with E-state index >= 15 is 0 Å². The molecule has 0 aromatic carbocycles. The lowest BCUT2D eigenvalue weighted by Gasteiger charge is -2.43. The summed E-state index contributed by atoms with van der Waals surface area (Å²) in [4.78, 5) is 4.78. The molecule has 1 fully saturated rings. The fourth-order valence-corrected chi connectivity index (χ4v) is 3.41. The van der Waals surface area contributed by atoms with E-state index in [0.717, 1.165) is 11.3 Å². The Morgan fingerprint density at radius 2 is 2.04 bits per heavy atom. The van der Waals surface area contributed by atoms with Gasteiger partial charge in [0.1, 0.15) is 0 Å². The van der Waals surface area contributed by atoms with Crippen LogP contribution in [0.5, 0.6) is 0 Å². The van der Waals surface area contributed by atoms with Gasteiger partial charge in [-0.2, -0.15) is 0 Å². The summed E-state index contributed by atoms with van der Waals surface area (Å²) >= 11 is 0. The van der Waals surface area contributed by atoms with Crippen LogP contribution in [0, 0.1) is 0 Å². The van der Waals surface area contributed by atoms with E-state index in [2.05, 4.69) is 57.7 Å². The van der Waals surface area contributed by atoms with Gasteiger partial charge in [0.25, 0.3) is 0 Å². The van der Waals surface area contributed by atoms with Crippen LogP contribution in [0.4, 0.5) is 0 Å². The molecule has 1 aliphatic carbocycles. The molecule has 0 amide bonds. The minimum absolute atomic E-state index is 0.309. The smallest absolute Gasteiger partial charge is 0.0690 e. The minimum Gasteiger partial charge on any atom is -0.256 e. The lowest BCUT2D eigenvalue weighted by molar-refractivity contribution is 0.233. The van der Waals surface area contributed by atoms with E-state index in [0.29, 0.717) is 5.41 Å². The van der Waals surface area contributed by atoms with Crippen molar-refractivity contribution in [1.29, 1.82) is 0 Å². The first-order valence-electron chi connectivity index (χ1n) is 8.70. The van der Waals surface area contributed by atoms with Crippen molar-refractivity contribution in [3.05, 3.63) is 66.0 Å². The molecule has 1 aromatic rings. The van der Waals surface area contributed by atoms with E-state index < -0.39 is 0 Å². The number of aromatic nitrogens is 1. The summed E-state index contributed by atoms with van der Waals surface area (Å²) in [6.45, 7) is 12.6. The van der Waals surface area contributed by atoms with Crippen LogP contribution in [0.1, 0.15) is 70.2 Å². The Morgan fingerprint density at radius 3 is 2.52 bits per heavy atom. The molecule has 0 radical (unpaired) electrons. The standard InChI is InChI=1S/C22H29N/c1-6-9-10-12-18(7-2)19-15-20(21(17(4)5)23-16-19)22(8-3)13-11-14-22/h6-7,9-10,12,15-16H,4,8,11,13-14H2,1-3,5H3/b9-6-,12-10-,18-7?. The third kappa shape index (κ3) is 3.55. The molecule has 1 aromatic heterocycles. The zero-order valence-electron chi connectivity index (χ0n) is 15.0. The van der Waals surface area contributed by atoms with Crippen molar-refractivity contribution < 1.29 is 0 Å². The van der Waals surface area contributed by atoms with Crippen molar-refractivity contribution in [3.8, 4) is 0 Å². The second-order valence-corrected chi connectivity index (χ2v) is 6.52. The predicted molar refractivity (Wildman–Crippen MR) is 102 cm³/mol. The Balaban J connectivity index is 2.50. The first kappa shape index (κ1) is 17.5. The number of allylic oxidation sites excluding steroid dienone is 7. The average molecular weight is 307 g/mol. The van der Waals surface area contributed by atoms with Gasteiger partial charge in [-0.15, -0.1) is 0 Å². The molecular formula is C22H29N. The lowest BCUT2D eigenvalue weighted by atomic mass is 9.62. The fourth-order valence-electron chi connectivity index (χ4n) is 3.41. The van der Waals surface area contributed by atoms with E-state index in [1.54, 1.807) is 0 Å². The Hall–Kier alpha value is -1.89. The van der Waals surface area contributed by atoms with E-state index in [-0.39, 0.29) is 0 Å². The van der Waals surface area contributed by atoms with Gasteiger partial charge < -0.3 is 0 Å². The molecule has 23 heavy (non-hydrogen) atoms. The molecule has 0 saturated heterocycles. The summed E-state index contributed by atoms with van der Waals surface area (Å²) in [6, 6.07) is 2.36. The molecule has 0 atom stereocenters. The van der Waals surface area contributed by atoms with Gasteiger partial charge in [-0.25, -0.2) is 0 Å². The molecular weight excluding hydrogens is 278 g/mol. The first-order chi connectivity index (χ1) is 11.1. The summed E-state index contributed by atoms with van der Waals surface area (Å²) in [5, 5.41) is 0. The quantitative estimate of drug-likeness (QED) is 0.548. The third-order valence-electron chi connectivity index (χ3n) is 5.07. The Kier molecular flexibility index (Phi) is 5.76. The van der Waals surface area contributed by atoms with Crippen LogP contribution < -0.4 is 0 Å². The van der Waals surface area contributed by atoms with Gasteiger partial charge in [-0.1, -0.05) is 50.3 Å². The van der Waals surface area contributed by atoms with Crippen LogP contribution >= 0.6 is 0 Å². The highest BCUT2D eigenvalue weighted by atomic mass is 14.7. The number of rotatable bonds is 6. The summed E-state index contributed by atoms with van der Waals surface area (Å²) in [5.41, 5.74) is 6.29. The molecule has 0 bridgehead atoms. The molecule has 1 aliphatic rings. The molecule has 0 aliphatic heterocycles. The van der Waals surface area contributed by atoms with E-state index in [1.165, 1.54) is 42.4 Å². The normalized spacial score (nSPS) is 17.7. The van der Waals surface area contributed by atoms with Crippen LogP contribution in [-0.4, -0.2) is 4.98 Å². The van der Waals surface area contributed by atoms with Crippen molar-refractivity contribution in [2.75, 3.05) is 0 Å². The van der Waals surface area contributed by atoms with E-state index in [9.17, 15) is 0 Å². The molecule has 2 rings (SSSR count). The summed E-state index contributed by atoms with van der Waals surface area (Å²) in [7, 11) is 0. The Morgan fingerprint density at radius 1 is 1.30 bits per heavy atom. The van der Waals surface area contributed by atoms with Crippen LogP contribution in [-0.2, 0) is 5.41 Å². The molecule has 1 saturated carbocycles. The van der Waals surface area contributed by atoms with Gasteiger partial charge in [0.05, 0.1) is 5.69 Å². The van der Waals surface area contributed by atoms with Crippen LogP contribution in [0.3, 0.4) is 0 Å². The summed E-state index contributed by atoms with van der Waals surface area (Å²) in [6.07, 6.45) is 17.5. The van der Waals surface area contributed by atoms with Gasteiger partial charge in [0, 0.05) is 11.8 Å². The van der Waals surface area contributed by atoms with Gasteiger partial charge in [-0.05, 0) is 68.2 Å². The second-order valence-electron chi connectivity index (χ2n) is 6.52. The van der Waals surface area contributed by atoms with Crippen molar-refractivity contribution in [2.24, 2.45) is 0 Å². The van der Waals surface area contributed by atoms with Crippen molar-refractivity contribution in [1.82, 2.24) is 4.98 Å². The number of pyridine rings is 1. The number of hydrogen-bond acceptors (Lipinski definition) is 1. The molecule has 1 nitrogen and oxygen atoms in total. The highest BCUT2D eigenvalue weighted by Crippen LogP contribution is 2.48. The highest BCUT2D eigenvalue weighted by molar-refractivity contribution is 5.75. The van der Waals surface area contributed by atoms with Crippen LogP contribution in [0.15, 0.2) is 49.2 Å². The second kappa shape index (κ2) is 7.59. The van der Waals surface area contributed by atoms with Crippen molar-refractivity contribution in [2.45, 2.75) is 58.8 Å². The minimum atomic E-state index is 0.309. The fraction of sp³-hybridized carbons (Fsp3) is 0.409. The largest absolute Gasteiger partial charge is 0.256 e. The first-order valence-corrected chi connectivity index (χ1v) is 8.70. The molecule has 122 valence electrons. The molecule has 1 heterocycles. The van der Waals surface area contributed by atoms with Crippen LogP contribution in [0.25, 0.3) is 11.1 Å². The zero-order chi connectivity index (χ0) is 16.9. The van der Waals surface area contributed by atoms with Gasteiger partial charge in [-0.3, -0.25) is 4.98 Å². The molecule has 0 spiro atoms. The van der Waals surface area contributed by atoms with Crippen molar-refractivity contribution in [3.63, 3.8) is 0 Å². The maximum Gasteiger partial charge on any atom is 0.0690 e. The highest BCUT2D eigenvalue weighted by Gasteiger charge is 2.39.